The largest absolute Gasteiger partial charge is 0.373 e. The number of nitrogens with zero attached hydrogens (tertiary/aromatic N) is 2. The molecule has 1 aromatic heterocycles. The second-order valence-corrected chi connectivity index (χ2v) is 6.61. The van der Waals surface area contributed by atoms with Crippen LogP contribution in [0.25, 0.3) is 11.0 Å². The highest BCUT2D eigenvalue weighted by Crippen LogP contribution is 2.37. The number of aromatic nitrogens is 2. The molecular formula is C23H22N2O. The molecule has 0 saturated heterocycles. The fraction of sp³-hybridized carbons (Fsp3) is 0.174. The van der Waals surface area contributed by atoms with Crippen LogP contribution in [0.5, 0.6) is 0 Å². The van der Waals surface area contributed by atoms with Crippen LogP contribution >= 0.6 is 0 Å². The molecule has 0 fully saturated rings. The predicted molar refractivity (Wildman–Crippen MR) is 105 cm³/mol. The summed E-state index contributed by atoms with van der Waals surface area (Å²) in [7, 11) is 0. The Hall–Kier alpha value is -2.91. The molecule has 0 bridgehead atoms. The molecule has 0 amide bonds. The second-order valence-electron chi connectivity index (χ2n) is 6.61. The standard InChI is InChI=1S/C23H22N2O/c1-3-25-21-15-14-17(2)16-20(21)24-22(25)23(26,18-10-6-4-7-11-18)19-12-8-5-9-13-19/h4-16,26H,3H2,1-2H3. The number of hydrogen-bond donors (Lipinski definition) is 1. The Morgan fingerprint density at radius 2 is 1.46 bits per heavy atom. The van der Waals surface area contributed by atoms with Gasteiger partial charge in [-0.05, 0) is 42.7 Å². The van der Waals surface area contributed by atoms with Crippen molar-refractivity contribution in [2.75, 3.05) is 0 Å². The summed E-state index contributed by atoms with van der Waals surface area (Å²) in [5.41, 5.74) is 3.42. The van der Waals surface area contributed by atoms with Crippen molar-refractivity contribution in [3.8, 4) is 0 Å². The van der Waals surface area contributed by atoms with Gasteiger partial charge in [-0.2, -0.15) is 0 Å². The van der Waals surface area contributed by atoms with Crippen molar-refractivity contribution >= 4 is 11.0 Å². The van der Waals surface area contributed by atoms with E-state index in [1.165, 1.54) is 0 Å². The lowest BCUT2D eigenvalue weighted by molar-refractivity contribution is 0.112. The van der Waals surface area contributed by atoms with Crippen LogP contribution in [-0.2, 0) is 12.1 Å². The number of aliphatic hydroxyl groups is 1. The fourth-order valence-electron chi connectivity index (χ4n) is 3.62. The van der Waals surface area contributed by atoms with Gasteiger partial charge in [0.1, 0.15) is 0 Å². The minimum Gasteiger partial charge on any atom is -0.373 e. The number of imidazole rings is 1. The van der Waals surface area contributed by atoms with E-state index >= 15 is 0 Å². The average molecular weight is 342 g/mol. The first-order valence-electron chi connectivity index (χ1n) is 8.95. The van der Waals surface area contributed by atoms with Crippen LogP contribution in [0.2, 0.25) is 0 Å². The zero-order valence-corrected chi connectivity index (χ0v) is 15.1. The van der Waals surface area contributed by atoms with E-state index in [1.807, 2.05) is 60.7 Å². The highest BCUT2D eigenvalue weighted by atomic mass is 16.3. The van der Waals surface area contributed by atoms with Gasteiger partial charge in [0, 0.05) is 6.54 Å². The maximum absolute atomic E-state index is 12.0. The number of rotatable bonds is 4. The van der Waals surface area contributed by atoms with Gasteiger partial charge in [0.25, 0.3) is 0 Å². The third-order valence-electron chi connectivity index (χ3n) is 4.93. The monoisotopic (exact) mass is 342 g/mol. The lowest BCUT2D eigenvalue weighted by Crippen LogP contribution is -2.32. The number of fused-ring (bicyclic) bond motifs is 1. The summed E-state index contributed by atoms with van der Waals surface area (Å²) in [6.45, 7) is 4.88. The van der Waals surface area contributed by atoms with E-state index in [2.05, 4.69) is 36.6 Å². The molecule has 0 saturated carbocycles. The van der Waals surface area contributed by atoms with Crippen LogP contribution in [0.1, 0.15) is 29.4 Å². The quantitative estimate of drug-likeness (QED) is 0.586. The Morgan fingerprint density at radius 1 is 0.885 bits per heavy atom. The lowest BCUT2D eigenvalue weighted by atomic mass is 9.85. The zero-order valence-electron chi connectivity index (χ0n) is 15.1. The zero-order chi connectivity index (χ0) is 18.1. The molecule has 0 atom stereocenters. The molecule has 4 rings (SSSR count). The summed E-state index contributed by atoms with van der Waals surface area (Å²) in [4.78, 5) is 4.88. The van der Waals surface area contributed by atoms with Crippen molar-refractivity contribution in [3.05, 3.63) is 101 Å². The average Bonchev–Trinajstić information content (AvgIpc) is 3.06. The summed E-state index contributed by atoms with van der Waals surface area (Å²) in [5.74, 6) is 0.651. The molecule has 4 aromatic rings. The first-order chi connectivity index (χ1) is 12.6. The molecule has 130 valence electrons. The highest BCUT2D eigenvalue weighted by Gasteiger charge is 2.38. The van der Waals surface area contributed by atoms with Crippen molar-refractivity contribution in [2.45, 2.75) is 26.0 Å². The van der Waals surface area contributed by atoms with Gasteiger partial charge >= 0.3 is 0 Å². The van der Waals surface area contributed by atoms with Gasteiger partial charge in [-0.15, -0.1) is 0 Å². The maximum Gasteiger partial charge on any atom is 0.173 e. The molecule has 3 heteroatoms. The van der Waals surface area contributed by atoms with E-state index in [0.29, 0.717) is 5.82 Å². The second kappa shape index (κ2) is 6.43. The van der Waals surface area contributed by atoms with Gasteiger partial charge in [0.2, 0.25) is 0 Å². The summed E-state index contributed by atoms with van der Waals surface area (Å²) >= 11 is 0. The fourth-order valence-corrected chi connectivity index (χ4v) is 3.62. The Balaban J connectivity index is 2.06. The molecule has 1 heterocycles. The molecule has 0 aliphatic carbocycles. The Labute approximate surface area is 153 Å². The van der Waals surface area contributed by atoms with Crippen LogP contribution in [-0.4, -0.2) is 14.7 Å². The highest BCUT2D eigenvalue weighted by molar-refractivity contribution is 5.77. The topological polar surface area (TPSA) is 38.0 Å². The molecular weight excluding hydrogens is 320 g/mol. The molecule has 0 radical (unpaired) electrons. The first kappa shape index (κ1) is 16.6. The Kier molecular flexibility index (Phi) is 4.09. The molecule has 3 nitrogen and oxygen atoms in total. The van der Waals surface area contributed by atoms with E-state index in [4.69, 9.17) is 4.98 Å². The van der Waals surface area contributed by atoms with Crippen molar-refractivity contribution in [3.63, 3.8) is 0 Å². The summed E-state index contributed by atoms with van der Waals surface area (Å²) < 4.78 is 2.11. The van der Waals surface area contributed by atoms with Crippen molar-refractivity contribution in [1.82, 2.24) is 9.55 Å². The van der Waals surface area contributed by atoms with Gasteiger partial charge < -0.3 is 9.67 Å². The molecule has 0 spiro atoms. The third-order valence-corrected chi connectivity index (χ3v) is 4.93. The predicted octanol–water partition coefficient (Wildman–Crippen LogP) is 4.65. The van der Waals surface area contributed by atoms with E-state index < -0.39 is 5.60 Å². The van der Waals surface area contributed by atoms with E-state index in [9.17, 15) is 5.11 Å². The Bertz CT molecular complexity index is 996. The molecule has 0 aliphatic rings. The Morgan fingerprint density at radius 3 is 2.00 bits per heavy atom. The van der Waals surface area contributed by atoms with Gasteiger partial charge in [-0.1, -0.05) is 66.7 Å². The smallest absolute Gasteiger partial charge is 0.173 e. The van der Waals surface area contributed by atoms with Crippen molar-refractivity contribution < 1.29 is 5.11 Å². The van der Waals surface area contributed by atoms with E-state index in [-0.39, 0.29) is 0 Å². The molecule has 1 N–H and O–H groups in total. The van der Waals surface area contributed by atoms with Crippen LogP contribution in [0.4, 0.5) is 0 Å². The third kappa shape index (κ3) is 2.52. The number of benzene rings is 3. The molecule has 26 heavy (non-hydrogen) atoms. The molecule has 0 unspecified atom stereocenters. The van der Waals surface area contributed by atoms with E-state index in [1.54, 1.807) is 0 Å². The van der Waals surface area contributed by atoms with Crippen LogP contribution < -0.4 is 0 Å². The number of aryl methyl sites for hydroxylation is 2. The minimum atomic E-state index is -1.31. The van der Waals surface area contributed by atoms with Gasteiger partial charge in [0.15, 0.2) is 11.4 Å². The summed E-state index contributed by atoms with van der Waals surface area (Å²) in [5, 5.41) is 12.0. The van der Waals surface area contributed by atoms with Crippen molar-refractivity contribution in [2.24, 2.45) is 0 Å². The van der Waals surface area contributed by atoms with E-state index in [0.717, 1.165) is 34.3 Å². The van der Waals surface area contributed by atoms with Gasteiger partial charge in [-0.25, -0.2) is 4.98 Å². The van der Waals surface area contributed by atoms with Gasteiger partial charge in [0.05, 0.1) is 11.0 Å². The molecule has 3 aromatic carbocycles. The van der Waals surface area contributed by atoms with Crippen molar-refractivity contribution in [1.29, 1.82) is 0 Å². The summed E-state index contributed by atoms with van der Waals surface area (Å²) in [6.07, 6.45) is 0. The SMILES string of the molecule is CCn1c(C(O)(c2ccccc2)c2ccccc2)nc2cc(C)ccc21. The van der Waals surface area contributed by atoms with Crippen LogP contribution in [0.3, 0.4) is 0 Å². The first-order valence-corrected chi connectivity index (χ1v) is 8.95. The van der Waals surface area contributed by atoms with Crippen LogP contribution in [0.15, 0.2) is 78.9 Å². The summed E-state index contributed by atoms with van der Waals surface area (Å²) in [6, 6.07) is 25.8. The van der Waals surface area contributed by atoms with Gasteiger partial charge in [-0.3, -0.25) is 0 Å². The number of hydrogen-bond acceptors (Lipinski definition) is 2. The molecule has 0 aliphatic heterocycles. The maximum atomic E-state index is 12.0. The lowest BCUT2D eigenvalue weighted by Gasteiger charge is -2.29. The van der Waals surface area contributed by atoms with Crippen LogP contribution in [0, 0.1) is 6.92 Å². The minimum absolute atomic E-state index is 0.651. The normalized spacial score (nSPS) is 11.8.